The van der Waals surface area contributed by atoms with E-state index in [0.717, 1.165) is 19.3 Å². The van der Waals surface area contributed by atoms with Gasteiger partial charge >= 0.3 is 0 Å². The number of hydrogen-bond acceptors (Lipinski definition) is 2. The number of allylic oxidation sites excluding steroid dienone is 3. The fourth-order valence-corrected chi connectivity index (χ4v) is 1.44. The summed E-state index contributed by atoms with van der Waals surface area (Å²) in [5.41, 5.74) is 4.05. The molecule has 1 N–H and O–H groups in total. The summed E-state index contributed by atoms with van der Waals surface area (Å²) in [6.07, 6.45) is 5.55. The summed E-state index contributed by atoms with van der Waals surface area (Å²) in [6, 6.07) is 0. The first-order valence-corrected chi connectivity index (χ1v) is 4.33. The summed E-state index contributed by atoms with van der Waals surface area (Å²) in [6.45, 7) is 4.52. The van der Waals surface area contributed by atoms with Crippen LogP contribution < -0.4 is 0 Å². The molecular formula is C10H16O2. The Balaban J connectivity index is 2.59. The highest BCUT2D eigenvalue weighted by molar-refractivity contribution is 5.22. The molecule has 0 aromatic heterocycles. The predicted molar refractivity (Wildman–Crippen MR) is 48.9 cm³/mol. The van der Waals surface area contributed by atoms with Crippen molar-refractivity contribution in [2.24, 2.45) is 0 Å². The average molecular weight is 168 g/mol. The van der Waals surface area contributed by atoms with Gasteiger partial charge in [0, 0.05) is 0 Å². The SMILES string of the molecule is CC1=CC/C(=C(\C)COO)CC1. The first kappa shape index (κ1) is 9.49. The van der Waals surface area contributed by atoms with Crippen molar-refractivity contribution >= 4 is 0 Å². The Kier molecular flexibility index (Phi) is 3.50. The van der Waals surface area contributed by atoms with Gasteiger partial charge in [0.15, 0.2) is 0 Å². The zero-order chi connectivity index (χ0) is 8.97. The van der Waals surface area contributed by atoms with Crippen molar-refractivity contribution in [3.63, 3.8) is 0 Å². The Labute approximate surface area is 73.5 Å². The summed E-state index contributed by atoms with van der Waals surface area (Å²) in [5, 5.41) is 8.27. The van der Waals surface area contributed by atoms with Gasteiger partial charge < -0.3 is 0 Å². The summed E-state index contributed by atoms with van der Waals surface area (Å²) >= 11 is 0. The minimum atomic E-state index is 0.349. The summed E-state index contributed by atoms with van der Waals surface area (Å²) in [5.74, 6) is 0. The molecule has 0 aromatic rings. The Morgan fingerprint density at radius 1 is 1.58 bits per heavy atom. The normalized spacial score (nSPS) is 22.1. The Morgan fingerprint density at radius 2 is 2.33 bits per heavy atom. The summed E-state index contributed by atoms with van der Waals surface area (Å²) in [4.78, 5) is 4.11. The van der Waals surface area contributed by atoms with E-state index in [1.807, 2.05) is 6.92 Å². The maximum atomic E-state index is 8.27. The smallest absolute Gasteiger partial charge is 0.103 e. The molecule has 68 valence electrons. The highest BCUT2D eigenvalue weighted by Gasteiger charge is 2.07. The molecule has 0 amide bonds. The second kappa shape index (κ2) is 4.43. The fraction of sp³-hybridized carbons (Fsp3) is 0.600. The summed E-state index contributed by atoms with van der Waals surface area (Å²) < 4.78 is 0. The molecule has 0 atom stereocenters. The van der Waals surface area contributed by atoms with Crippen molar-refractivity contribution in [3.05, 3.63) is 22.8 Å². The van der Waals surface area contributed by atoms with E-state index in [1.54, 1.807) is 0 Å². The van der Waals surface area contributed by atoms with Crippen LogP contribution in [0.3, 0.4) is 0 Å². The van der Waals surface area contributed by atoms with Gasteiger partial charge in [0.05, 0.1) is 0 Å². The quantitative estimate of drug-likeness (QED) is 0.390. The van der Waals surface area contributed by atoms with Crippen LogP contribution in [0.4, 0.5) is 0 Å². The number of hydrogen-bond donors (Lipinski definition) is 1. The molecule has 0 saturated carbocycles. The van der Waals surface area contributed by atoms with E-state index in [9.17, 15) is 0 Å². The zero-order valence-corrected chi connectivity index (χ0v) is 7.76. The molecule has 0 aromatic carbocycles. The minimum absolute atomic E-state index is 0.349. The van der Waals surface area contributed by atoms with E-state index >= 15 is 0 Å². The molecule has 0 aliphatic heterocycles. The van der Waals surface area contributed by atoms with Crippen LogP contribution >= 0.6 is 0 Å². The van der Waals surface area contributed by atoms with Gasteiger partial charge in [0.1, 0.15) is 6.61 Å². The van der Waals surface area contributed by atoms with E-state index in [-0.39, 0.29) is 0 Å². The largest absolute Gasteiger partial charge is 0.251 e. The molecule has 0 unspecified atom stereocenters. The van der Waals surface area contributed by atoms with Crippen LogP contribution in [0.2, 0.25) is 0 Å². The maximum absolute atomic E-state index is 8.27. The lowest BCUT2D eigenvalue weighted by Gasteiger charge is -2.15. The van der Waals surface area contributed by atoms with Crippen LogP contribution in [0.5, 0.6) is 0 Å². The van der Waals surface area contributed by atoms with Gasteiger partial charge in [-0.1, -0.05) is 17.2 Å². The van der Waals surface area contributed by atoms with E-state index in [1.165, 1.54) is 16.7 Å². The fourth-order valence-electron chi connectivity index (χ4n) is 1.44. The molecule has 0 saturated heterocycles. The third-order valence-electron chi connectivity index (χ3n) is 2.40. The van der Waals surface area contributed by atoms with Crippen LogP contribution in [0.25, 0.3) is 0 Å². The van der Waals surface area contributed by atoms with Crippen molar-refractivity contribution in [2.45, 2.75) is 33.1 Å². The Hall–Kier alpha value is -0.600. The average Bonchev–Trinajstić information content (AvgIpc) is 2.06. The molecule has 0 radical (unpaired) electrons. The first-order valence-electron chi connectivity index (χ1n) is 4.33. The van der Waals surface area contributed by atoms with Gasteiger partial charge in [-0.2, -0.15) is 0 Å². The Bertz CT molecular complexity index is 214. The van der Waals surface area contributed by atoms with Gasteiger partial charge in [-0.25, -0.2) is 4.89 Å². The molecule has 12 heavy (non-hydrogen) atoms. The predicted octanol–water partition coefficient (Wildman–Crippen LogP) is 2.92. The molecule has 0 fully saturated rings. The molecule has 2 nitrogen and oxygen atoms in total. The lowest BCUT2D eigenvalue weighted by molar-refractivity contribution is -0.234. The number of rotatable bonds is 2. The van der Waals surface area contributed by atoms with Crippen molar-refractivity contribution in [1.29, 1.82) is 0 Å². The van der Waals surface area contributed by atoms with Crippen molar-refractivity contribution in [2.75, 3.05) is 6.61 Å². The second-order valence-electron chi connectivity index (χ2n) is 3.41. The van der Waals surface area contributed by atoms with Gasteiger partial charge in [-0.3, -0.25) is 5.26 Å². The maximum Gasteiger partial charge on any atom is 0.103 e. The van der Waals surface area contributed by atoms with Crippen LogP contribution in [0, 0.1) is 0 Å². The molecule has 0 heterocycles. The molecule has 1 aliphatic rings. The molecule has 1 aliphatic carbocycles. The second-order valence-corrected chi connectivity index (χ2v) is 3.41. The topological polar surface area (TPSA) is 29.5 Å². The van der Waals surface area contributed by atoms with Crippen LogP contribution in [-0.4, -0.2) is 11.9 Å². The van der Waals surface area contributed by atoms with E-state index in [0.29, 0.717) is 6.61 Å². The minimum Gasteiger partial charge on any atom is -0.251 e. The molecule has 1 rings (SSSR count). The van der Waals surface area contributed by atoms with Crippen molar-refractivity contribution in [3.8, 4) is 0 Å². The zero-order valence-electron chi connectivity index (χ0n) is 7.76. The highest BCUT2D eigenvalue weighted by Crippen LogP contribution is 2.24. The summed E-state index contributed by atoms with van der Waals surface area (Å²) in [7, 11) is 0. The van der Waals surface area contributed by atoms with Crippen LogP contribution in [0.1, 0.15) is 33.1 Å². The third kappa shape index (κ3) is 2.47. The van der Waals surface area contributed by atoms with E-state index in [4.69, 9.17) is 5.26 Å². The monoisotopic (exact) mass is 168 g/mol. The van der Waals surface area contributed by atoms with Crippen molar-refractivity contribution < 1.29 is 10.1 Å². The van der Waals surface area contributed by atoms with Crippen LogP contribution in [0.15, 0.2) is 22.8 Å². The van der Waals surface area contributed by atoms with Gasteiger partial charge in [-0.15, -0.1) is 0 Å². The first-order chi connectivity index (χ1) is 5.74. The van der Waals surface area contributed by atoms with E-state index < -0.39 is 0 Å². The Morgan fingerprint density at radius 3 is 2.83 bits per heavy atom. The standard InChI is InChI=1S/C10H16O2/c1-8-3-5-10(6-4-8)9(2)7-12-11/h3,11H,4-7H2,1-2H3/b10-9-. The third-order valence-corrected chi connectivity index (χ3v) is 2.40. The van der Waals surface area contributed by atoms with Gasteiger partial charge in [0.2, 0.25) is 0 Å². The highest BCUT2D eigenvalue weighted by atomic mass is 17.1. The van der Waals surface area contributed by atoms with Gasteiger partial charge in [0.25, 0.3) is 0 Å². The van der Waals surface area contributed by atoms with Crippen LogP contribution in [-0.2, 0) is 4.89 Å². The molecule has 2 heteroatoms. The van der Waals surface area contributed by atoms with Crippen molar-refractivity contribution in [1.82, 2.24) is 0 Å². The van der Waals surface area contributed by atoms with Gasteiger partial charge in [-0.05, 0) is 38.7 Å². The van der Waals surface area contributed by atoms with E-state index in [2.05, 4.69) is 17.9 Å². The molecule has 0 spiro atoms. The lowest BCUT2D eigenvalue weighted by atomic mass is 9.93. The molecular weight excluding hydrogens is 152 g/mol. The lowest BCUT2D eigenvalue weighted by Crippen LogP contribution is -2.00. The molecule has 0 bridgehead atoms.